The van der Waals surface area contributed by atoms with Crippen LogP contribution >= 0.6 is 0 Å². The normalized spacial score (nSPS) is 17.0. The maximum Gasteiger partial charge on any atom is 0.326 e. The quantitative estimate of drug-likeness (QED) is 0.0164. The first-order valence-corrected chi connectivity index (χ1v) is 42.6. The number of amides is 18. The van der Waals surface area contributed by atoms with Crippen LogP contribution < -0.4 is 104 Å². The number of rotatable bonds is 59. The van der Waals surface area contributed by atoms with Crippen LogP contribution in [0.1, 0.15) is 196 Å². The number of carboxylic acids is 4. The van der Waals surface area contributed by atoms with Gasteiger partial charge in [0.1, 0.15) is 84.6 Å². The van der Waals surface area contributed by atoms with Gasteiger partial charge in [-0.1, -0.05) is 98.6 Å². The standard InChI is InChI=1S/C81H128N22O26/c1-9-41(7)64(101-73(121)52(38-62(112)113)95-66(114)44(82)19-14-32-89-81(87)88)76(124)93-48(26-31-61(110)111)67(115)90-46(23-28-57(84)105)70(118)99-63(40(5)6)79(127)103-34-16-21-55(103)74(122)92-45(22-27-56(83)104)68(116)94-49(24-29-58(85)106)78(126)102-33-15-20-54(102)75(123)96-50(35-39(3)4)72(120)100-65(42(8)10-2)77(125)97-51(37-59(86)107)71(119)91-47(25-30-60(108)109)69(117)98-53(80(128)129)36-43-17-12-11-13-18-43/h11-13,17-18,39-42,44-55,63-65H,9-10,14-16,19-38,82H2,1-8H3,(H2,83,104)(H2,84,105)(H2,85,106)(H2,86,107)(H,90,115)(H,91,119)(H,92,122)(H,93,124)(H,94,116)(H,95,114)(H,96,123)(H,97,125)(H,98,117)(H,99,118)(H,100,120)(H,101,121)(H,108,109)(H,110,111)(H,112,113)(H,128,129)(H4,87,88,89)/t41-,42-,44-,45-,46-,47-,48-,49-,50-,51-,52-,53-,54-,55-,63-,64-,65-/m0/s1. The van der Waals surface area contributed by atoms with E-state index in [2.05, 4.69) is 69.1 Å². The van der Waals surface area contributed by atoms with Crippen LogP contribution in [0.15, 0.2) is 30.3 Å². The fraction of sp³-hybridized carbons (Fsp3) is 0.642. The Hall–Kier alpha value is -13.2. The van der Waals surface area contributed by atoms with E-state index in [1.807, 2.05) is 0 Å². The van der Waals surface area contributed by atoms with Gasteiger partial charge in [0.2, 0.25) is 106 Å². The summed E-state index contributed by atoms with van der Waals surface area (Å²) in [5.74, 6) is -28.0. The molecule has 30 N–H and O–H groups in total. The van der Waals surface area contributed by atoms with Crippen molar-refractivity contribution in [3.63, 3.8) is 0 Å². The number of aliphatic carboxylic acids is 4. The Morgan fingerprint density at radius 1 is 0.403 bits per heavy atom. The van der Waals surface area contributed by atoms with Crippen molar-refractivity contribution in [2.24, 2.45) is 58.1 Å². The molecule has 718 valence electrons. The highest BCUT2D eigenvalue weighted by Crippen LogP contribution is 2.25. The number of guanidine groups is 1. The van der Waals surface area contributed by atoms with Gasteiger partial charge in [-0.15, -0.1) is 0 Å². The van der Waals surface area contributed by atoms with Crippen molar-refractivity contribution in [3.05, 3.63) is 35.9 Å². The summed E-state index contributed by atoms with van der Waals surface area (Å²) in [6.07, 6.45) is -7.67. The summed E-state index contributed by atoms with van der Waals surface area (Å²) >= 11 is 0. The third-order valence-corrected chi connectivity index (χ3v) is 21.6. The first-order valence-electron chi connectivity index (χ1n) is 42.6. The molecule has 2 aliphatic rings. The molecule has 0 aliphatic carbocycles. The maximum absolute atomic E-state index is 14.9. The Morgan fingerprint density at radius 3 is 1.19 bits per heavy atom. The van der Waals surface area contributed by atoms with Crippen LogP contribution in [0.25, 0.3) is 0 Å². The summed E-state index contributed by atoms with van der Waals surface area (Å²) < 4.78 is 0. The molecule has 0 aromatic heterocycles. The summed E-state index contributed by atoms with van der Waals surface area (Å²) in [4.78, 5) is 300. The van der Waals surface area contributed by atoms with Gasteiger partial charge < -0.3 is 134 Å². The second-order valence-electron chi connectivity index (χ2n) is 32.8. The van der Waals surface area contributed by atoms with Crippen molar-refractivity contribution < 1.29 is 126 Å². The number of nitrogens with two attached hydrogens (primary N) is 6. The number of nitrogens with zero attached hydrogens (tertiary/aromatic N) is 2. The topological polar surface area (TPSA) is 799 Å². The molecule has 2 fully saturated rings. The van der Waals surface area contributed by atoms with Crippen LogP contribution in [0.2, 0.25) is 0 Å². The molecule has 48 nitrogen and oxygen atoms in total. The molecule has 2 aliphatic heterocycles. The molecule has 1 aromatic carbocycles. The van der Waals surface area contributed by atoms with Crippen molar-refractivity contribution in [2.75, 3.05) is 19.6 Å². The maximum atomic E-state index is 14.9. The lowest BCUT2D eigenvalue weighted by Gasteiger charge is -2.33. The van der Waals surface area contributed by atoms with Crippen molar-refractivity contribution in [3.8, 4) is 0 Å². The molecule has 0 bridgehead atoms. The number of likely N-dealkylation sites (tertiary alicyclic amines) is 2. The largest absolute Gasteiger partial charge is 0.481 e. The highest BCUT2D eigenvalue weighted by molar-refractivity contribution is 6.02. The van der Waals surface area contributed by atoms with Gasteiger partial charge in [-0.2, -0.15) is 0 Å². The third-order valence-electron chi connectivity index (χ3n) is 21.6. The van der Waals surface area contributed by atoms with E-state index in [9.17, 15) is 126 Å². The average molecular weight is 1830 g/mol. The Labute approximate surface area is 744 Å². The summed E-state index contributed by atoms with van der Waals surface area (Å²) in [5, 5.41) is 77.9. The lowest BCUT2D eigenvalue weighted by molar-refractivity contribution is -0.144. The van der Waals surface area contributed by atoms with Crippen molar-refractivity contribution >= 4 is 136 Å². The molecule has 0 saturated carbocycles. The minimum atomic E-state index is -1.89. The summed E-state index contributed by atoms with van der Waals surface area (Å²) in [6.45, 7) is 12.5. The summed E-state index contributed by atoms with van der Waals surface area (Å²) in [6, 6.07) is -16.3. The number of benzene rings is 1. The lowest BCUT2D eigenvalue weighted by atomic mass is 9.96. The zero-order valence-electron chi connectivity index (χ0n) is 73.7. The molecule has 2 saturated heterocycles. The molecule has 48 heteroatoms. The molecule has 1 aromatic rings. The van der Waals surface area contributed by atoms with Gasteiger partial charge in [-0.25, -0.2) is 4.79 Å². The molecular weight excluding hydrogens is 1700 g/mol. The van der Waals surface area contributed by atoms with Gasteiger partial charge in [-0.3, -0.25) is 106 Å². The lowest BCUT2D eigenvalue weighted by Crippen LogP contribution is -2.62. The van der Waals surface area contributed by atoms with Gasteiger partial charge >= 0.3 is 23.9 Å². The fourth-order valence-electron chi connectivity index (χ4n) is 14.0. The first-order chi connectivity index (χ1) is 60.5. The molecule has 2 heterocycles. The Bertz CT molecular complexity index is 4180. The molecule has 17 atom stereocenters. The van der Waals surface area contributed by atoms with Crippen LogP contribution in [0.4, 0.5) is 0 Å². The number of hydrogen-bond donors (Lipinski definition) is 24. The van der Waals surface area contributed by atoms with Gasteiger partial charge in [0, 0.05) is 58.2 Å². The molecule has 0 unspecified atom stereocenters. The highest BCUT2D eigenvalue weighted by Gasteiger charge is 2.45. The van der Waals surface area contributed by atoms with Crippen LogP contribution in [-0.4, -0.2) is 277 Å². The SMILES string of the molecule is CC[C@H](C)[C@H](NC(=O)[C@H](CC(=O)O)NC(=O)[C@@H](N)CCCNC(=N)N)C(=O)N[C@@H](CCC(=O)O)C(=O)N[C@@H](CCC(N)=O)C(=O)N[C@H](C(=O)N1CCC[C@H]1C(=O)N[C@@H](CCC(N)=O)C(=O)N[C@@H](CCC(N)=O)C(=O)N1CCC[C@H]1C(=O)N[C@@H](CC(C)C)C(=O)N[C@H](C(=O)N[C@@H](CC(N)=O)C(=O)N[C@@H](CCC(=O)O)C(=O)N[C@@H](Cc1ccccc1)C(=O)O)[C@@H](C)CC)C(C)C. The van der Waals surface area contributed by atoms with Crippen molar-refractivity contribution in [1.82, 2.24) is 78.9 Å². The monoisotopic (exact) mass is 1820 g/mol. The summed E-state index contributed by atoms with van der Waals surface area (Å²) in [5.41, 5.74) is 33.9. The Kier molecular flexibility index (Phi) is 46.7. The van der Waals surface area contributed by atoms with E-state index in [0.717, 1.165) is 9.80 Å². The molecule has 0 radical (unpaired) electrons. The van der Waals surface area contributed by atoms with Gasteiger partial charge in [0.25, 0.3) is 0 Å². The van der Waals surface area contributed by atoms with Gasteiger partial charge in [-0.05, 0) is 106 Å². The Balaban J connectivity index is 1.92. The molecule has 0 spiro atoms. The molecule has 3 rings (SSSR count). The zero-order chi connectivity index (χ0) is 97.4. The predicted molar refractivity (Wildman–Crippen MR) is 456 cm³/mol. The average Bonchev–Trinajstić information content (AvgIpc) is 1.20. The minimum Gasteiger partial charge on any atom is -0.481 e. The van der Waals surface area contributed by atoms with Crippen LogP contribution in [0.5, 0.6) is 0 Å². The second kappa shape index (κ2) is 54.7. The van der Waals surface area contributed by atoms with E-state index in [0.29, 0.717) is 5.56 Å². The number of primary amides is 4. The molecule has 18 amide bonds. The summed E-state index contributed by atoms with van der Waals surface area (Å²) in [7, 11) is 0. The van der Waals surface area contributed by atoms with E-state index >= 15 is 0 Å². The number of carbonyl (C=O) groups is 22. The van der Waals surface area contributed by atoms with E-state index in [1.54, 1.807) is 65.0 Å². The van der Waals surface area contributed by atoms with E-state index in [1.165, 1.54) is 20.8 Å². The fourth-order valence-corrected chi connectivity index (χ4v) is 14.0. The van der Waals surface area contributed by atoms with E-state index in [-0.39, 0.29) is 95.7 Å². The van der Waals surface area contributed by atoms with Gasteiger partial charge in [0.05, 0.1) is 18.9 Å². The smallest absolute Gasteiger partial charge is 0.326 e. The second-order valence-corrected chi connectivity index (χ2v) is 32.8. The van der Waals surface area contributed by atoms with Crippen LogP contribution in [-0.2, 0) is 112 Å². The predicted octanol–water partition coefficient (Wildman–Crippen LogP) is -6.63. The number of carboxylic acid groups (broad SMARTS) is 4. The van der Waals surface area contributed by atoms with Gasteiger partial charge in [0.15, 0.2) is 5.96 Å². The van der Waals surface area contributed by atoms with Crippen molar-refractivity contribution in [1.29, 1.82) is 5.41 Å². The number of nitrogens with one attached hydrogen (secondary N) is 14. The molecule has 129 heavy (non-hydrogen) atoms. The number of carbonyl (C=O) groups excluding carboxylic acids is 18. The van der Waals surface area contributed by atoms with Crippen molar-refractivity contribution in [2.45, 2.75) is 287 Å². The highest BCUT2D eigenvalue weighted by atomic mass is 16.4. The first kappa shape index (κ1) is 110. The molecular formula is C81H128N22O26. The minimum absolute atomic E-state index is 0.00483. The van der Waals surface area contributed by atoms with Crippen LogP contribution in [0.3, 0.4) is 0 Å². The number of hydrogen-bond acceptors (Lipinski definition) is 24. The zero-order valence-corrected chi connectivity index (χ0v) is 73.7. The van der Waals surface area contributed by atoms with E-state index < -0.39 is 316 Å². The Morgan fingerprint density at radius 2 is 0.767 bits per heavy atom. The van der Waals surface area contributed by atoms with E-state index in [4.69, 9.17) is 39.8 Å². The third kappa shape index (κ3) is 38.5. The van der Waals surface area contributed by atoms with Crippen LogP contribution in [0, 0.1) is 29.1 Å².